The first-order valence-electron chi connectivity index (χ1n) is 8.47. The Hall–Kier alpha value is -2.09. The van der Waals surface area contributed by atoms with Crippen molar-refractivity contribution in [2.75, 3.05) is 33.9 Å². The van der Waals surface area contributed by atoms with Gasteiger partial charge in [0.2, 0.25) is 10.0 Å². The highest BCUT2D eigenvalue weighted by Crippen LogP contribution is 2.36. The highest BCUT2D eigenvalue weighted by atomic mass is 32.2. The van der Waals surface area contributed by atoms with Crippen LogP contribution in [0.4, 0.5) is 0 Å². The molecule has 1 heterocycles. The lowest BCUT2D eigenvalue weighted by Gasteiger charge is -2.18. The summed E-state index contributed by atoms with van der Waals surface area (Å²) in [6.07, 6.45) is 0. The summed E-state index contributed by atoms with van der Waals surface area (Å²) in [5, 5.41) is 0. The fourth-order valence-electron chi connectivity index (χ4n) is 3.42. The molecule has 0 aromatic heterocycles. The van der Waals surface area contributed by atoms with Gasteiger partial charge in [0, 0.05) is 37.2 Å². The van der Waals surface area contributed by atoms with E-state index in [1.165, 1.54) is 30.7 Å². The molecule has 2 aromatic rings. The Kier molecular flexibility index (Phi) is 5.50. The molecule has 1 saturated heterocycles. The number of ether oxygens (including phenoxy) is 2. The molecule has 0 unspecified atom stereocenters. The Morgan fingerprint density at radius 1 is 1.04 bits per heavy atom. The van der Waals surface area contributed by atoms with E-state index in [9.17, 15) is 8.42 Å². The molecule has 7 heteroatoms. The number of methoxy groups -OCH3 is 2. The zero-order chi connectivity index (χ0) is 18.7. The van der Waals surface area contributed by atoms with Crippen LogP contribution < -0.4 is 15.2 Å². The van der Waals surface area contributed by atoms with Crippen LogP contribution >= 0.6 is 0 Å². The van der Waals surface area contributed by atoms with Crippen molar-refractivity contribution >= 4 is 10.0 Å². The molecule has 0 saturated carbocycles. The van der Waals surface area contributed by atoms with Gasteiger partial charge in [-0.2, -0.15) is 4.31 Å². The molecule has 2 N–H and O–H groups in total. The average Bonchev–Trinajstić information content (AvgIpc) is 3.13. The minimum atomic E-state index is -3.67. The van der Waals surface area contributed by atoms with Gasteiger partial charge in [0.1, 0.15) is 11.5 Å². The van der Waals surface area contributed by atoms with Gasteiger partial charge in [-0.1, -0.05) is 30.3 Å². The van der Waals surface area contributed by atoms with E-state index < -0.39 is 10.0 Å². The predicted octanol–water partition coefficient (Wildman–Crippen LogP) is 2.07. The molecule has 6 nitrogen and oxygen atoms in total. The van der Waals surface area contributed by atoms with Gasteiger partial charge in [0.05, 0.1) is 19.1 Å². The third kappa shape index (κ3) is 3.56. The van der Waals surface area contributed by atoms with Crippen LogP contribution in [-0.2, 0) is 10.0 Å². The Bertz CT molecular complexity index is 833. The molecule has 0 amide bonds. The second-order valence-electron chi connectivity index (χ2n) is 6.38. The maximum Gasteiger partial charge on any atom is 0.243 e. The Labute approximate surface area is 154 Å². The van der Waals surface area contributed by atoms with E-state index in [1.54, 1.807) is 6.07 Å². The van der Waals surface area contributed by atoms with E-state index in [0.29, 0.717) is 31.1 Å². The molecule has 0 spiro atoms. The van der Waals surface area contributed by atoms with Crippen LogP contribution in [0.3, 0.4) is 0 Å². The number of benzene rings is 2. The SMILES string of the molecule is COc1cc(OC)cc(S(=O)(=O)N2C[C@@H](CN)[C@H](c3ccccc3)C2)c1. The molecule has 3 rings (SSSR count). The highest BCUT2D eigenvalue weighted by molar-refractivity contribution is 7.89. The monoisotopic (exact) mass is 376 g/mol. The first-order valence-corrected chi connectivity index (χ1v) is 9.92. The zero-order valence-corrected chi connectivity index (χ0v) is 15.8. The Balaban J connectivity index is 1.93. The van der Waals surface area contributed by atoms with Crippen LogP contribution in [0.2, 0.25) is 0 Å². The van der Waals surface area contributed by atoms with Gasteiger partial charge >= 0.3 is 0 Å². The maximum absolute atomic E-state index is 13.2. The van der Waals surface area contributed by atoms with Crippen molar-refractivity contribution in [1.82, 2.24) is 4.31 Å². The van der Waals surface area contributed by atoms with Crippen molar-refractivity contribution in [2.24, 2.45) is 11.7 Å². The first kappa shape index (κ1) is 18.7. The second-order valence-corrected chi connectivity index (χ2v) is 8.32. The molecule has 0 bridgehead atoms. The molecule has 1 fully saturated rings. The van der Waals surface area contributed by atoms with Crippen LogP contribution in [0, 0.1) is 5.92 Å². The van der Waals surface area contributed by atoms with Gasteiger partial charge < -0.3 is 15.2 Å². The summed E-state index contributed by atoms with van der Waals surface area (Å²) in [6.45, 7) is 1.25. The summed E-state index contributed by atoms with van der Waals surface area (Å²) >= 11 is 0. The molecule has 1 aliphatic heterocycles. The van der Waals surface area contributed by atoms with Crippen molar-refractivity contribution in [1.29, 1.82) is 0 Å². The van der Waals surface area contributed by atoms with Gasteiger partial charge in [-0.05, 0) is 18.0 Å². The first-order chi connectivity index (χ1) is 12.5. The van der Waals surface area contributed by atoms with Crippen molar-refractivity contribution in [2.45, 2.75) is 10.8 Å². The number of rotatable bonds is 6. The van der Waals surface area contributed by atoms with E-state index in [0.717, 1.165) is 5.56 Å². The summed E-state index contributed by atoms with van der Waals surface area (Å²) in [6, 6.07) is 14.6. The zero-order valence-electron chi connectivity index (χ0n) is 15.0. The van der Waals surface area contributed by atoms with Crippen LogP contribution in [0.15, 0.2) is 53.4 Å². The summed E-state index contributed by atoms with van der Waals surface area (Å²) < 4.78 is 38.3. The maximum atomic E-state index is 13.2. The van der Waals surface area contributed by atoms with Crippen LogP contribution in [-0.4, -0.2) is 46.6 Å². The highest BCUT2D eigenvalue weighted by Gasteiger charge is 2.39. The van der Waals surface area contributed by atoms with E-state index in [-0.39, 0.29) is 16.7 Å². The number of hydrogen-bond donors (Lipinski definition) is 1. The van der Waals surface area contributed by atoms with E-state index in [2.05, 4.69) is 0 Å². The average molecular weight is 376 g/mol. The number of nitrogens with two attached hydrogens (primary N) is 1. The molecule has 26 heavy (non-hydrogen) atoms. The minimum Gasteiger partial charge on any atom is -0.497 e. The van der Waals surface area contributed by atoms with E-state index >= 15 is 0 Å². The van der Waals surface area contributed by atoms with Crippen LogP contribution in [0.1, 0.15) is 11.5 Å². The second kappa shape index (κ2) is 7.65. The number of sulfonamides is 1. The number of nitrogens with zero attached hydrogens (tertiary/aromatic N) is 1. The van der Waals surface area contributed by atoms with Gasteiger partial charge in [-0.25, -0.2) is 8.42 Å². The van der Waals surface area contributed by atoms with Gasteiger partial charge in [-0.15, -0.1) is 0 Å². The molecule has 2 atom stereocenters. The lowest BCUT2D eigenvalue weighted by molar-refractivity contribution is 0.391. The third-order valence-electron chi connectivity index (χ3n) is 4.90. The fourth-order valence-corrected chi connectivity index (χ4v) is 5.00. The number of hydrogen-bond acceptors (Lipinski definition) is 5. The smallest absolute Gasteiger partial charge is 0.243 e. The molecule has 140 valence electrons. The van der Waals surface area contributed by atoms with Crippen molar-refractivity contribution in [3.8, 4) is 11.5 Å². The van der Waals surface area contributed by atoms with Crippen molar-refractivity contribution in [3.63, 3.8) is 0 Å². The standard InChI is InChI=1S/C19H24N2O4S/c1-24-16-8-17(25-2)10-18(9-16)26(22,23)21-12-15(11-20)19(13-21)14-6-4-3-5-7-14/h3-10,15,19H,11-13,20H2,1-2H3/t15-,19+/m1/s1. The predicted molar refractivity (Wildman–Crippen MR) is 100 cm³/mol. The van der Waals surface area contributed by atoms with Crippen LogP contribution in [0.25, 0.3) is 0 Å². The topological polar surface area (TPSA) is 81.9 Å². The molecular formula is C19H24N2O4S. The molecule has 1 aliphatic rings. The molecule has 2 aromatic carbocycles. The summed E-state index contributed by atoms with van der Waals surface area (Å²) in [5.74, 6) is 1.05. The van der Waals surface area contributed by atoms with Crippen molar-refractivity contribution < 1.29 is 17.9 Å². The van der Waals surface area contributed by atoms with Gasteiger partial charge in [0.25, 0.3) is 0 Å². The normalized spacial score (nSPS) is 20.9. The summed E-state index contributed by atoms with van der Waals surface area (Å²) in [7, 11) is -0.676. The Morgan fingerprint density at radius 2 is 1.65 bits per heavy atom. The van der Waals surface area contributed by atoms with E-state index in [1.807, 2.05) is 30.3 Å². The van der Waals surface area contributed by atoms with Crippen LogP contribution in [0.5, 0.6) is 11.5 Å². The molecular weight excluding hydrogens is 352 g/mol. The van der Waals surface area contributed by atoms with E-state index in [4.69, 9.17) is 15.2 Å². The summed E-state index contributed by atoms with van der Waals surface area (Å²) in [5.41, 5.74) is 7.05. The fraction of sp³-hybridized carbons (Fsp3) is 0.368. The lowest BCUT2D eigenvalue weighted by Crippen LogP contribution is -2.30. The molecule has 0 aliphatic carbocycles. The van der Waals surface area contributed by atoms with Crippen molar-refractivity contribution in [3.05, 3.63) is 54.1 Å². The molecule has 0 radical (unpaired) electrons. The summed E-state index contributed by atoms with van der Waals surface area (Å²) in [4.78, 5) is 0.165. The minimum absolute atomic E-state index is 0.0830. The third-order valence-corrected chi connectivity index (χ3v) is 6.71. The lowest BCUT2D eigenvalue weighted by atomic mass is 9.89. The quantitative estimate of drug-likeness (QED) is 0.835. The van der Waals surface area contributed by atoms with Gasteiger partial charge in [-0.3, -0.25) is 0 Å². The largest absolute Gasteiger partial charge is 0.497 e. The van der Waals surface area contributed by atoms with Gasteiger partial charge in [0.15, 0.2) is 0 Å². The Morgan fingerprint density at radius 3 is 2.19 bits per heavy atom.